The molecular weight excluding hydrogens is 247 g/mol. The van der Waals surface area contributed by atoms with E-state index in [2.05, 4.69) is 20.6 Å². The van der Waals surface area contributed by atoms with Crippen LogP contribution in [0.25, 0.3) is 11.3 Å². The van der Waals surface area contributed by atoms with Crippen molar-refractivity contribution in [3.63, 3.8) is 0 Å². The summed E-state index contributed by atoms with van der Waals surface area (Å²) >= 11 is 0. The van der Waals surface area contributed by atoms with Gasteiger partial charge in [-0.05, 0) is 19.2 Å². The highest BCUT2D eigenvalue weighted by atomic mass is 19.4. The summed E-state index contributed by atoms with van der Waals surface area (Å²) < 4.78 is 36.9. The van der Waals surface area contributed by atoms with Crippen molar-refractivity contribution in [2.24, 2.45) is 0 Å². The Kier molecular flexibility index (Phi) is 3.28. The number of halogens is 3. The van der Waals surface area contributed by atoms with Crippen LogP contribution in [-0.4, -0.2) is 27.0 Å². The van der Waals surface area contributed by atoms with Crippen LogP contribution in [0.2, 0.25) is 0 Å². The van der Waals surface area contributed by atoms with Gasteiger partial charge in [0.05, 0.1) is 17.6 Å². The average molecular weight is 257 g/mol. The molecule has 2 aromatic heterocycles. The quantitative estimate of drug-likeness (QED) is 0.906. The molecule has 0 saturated carbocycles. The highest BCUT2D eigenvalue weighted by Crippen LogP contribution is 2.24. The van der Waals surface area contributed by atoms with E-state index < -0.39 is 6.30 Å². The maximum Gasteiger partial charge on any atom is 0.504 e. The first kappa shape index (κ1) is 12.5. The molecule has 0 atom stereocenters. The summed E-state index contributed by atoms with van der Waals surface area (Å²) in [5, 5.41) is 13.9. The molecule has 2 aromatic rings. The van der Waals surface area contributed by atoms with E-state index in [1.54, 1.807) is 19.2 Å². The zero-order valence-corrected chi connectivity index (χ0v) is 9.44. The fourth-order valence-electron chi connectivity index (χ4n) is 1.38. The molecule has 1 N–H and O–H groups in total. The summed E-state index contributed by atoms with van der Waals surface area (Å²) in [5.41, 5.74) is 1.34. The summed E-state index contributed by atoms with van der Waals surface area (Å²) in [6, 6.07) is 3.31. The highest BCUT2D eigenvalue weighted by Gasteiger charge is 2.31. The van der Waals surface area contributed by atoms with Crippen molar-refractivity contribution >= 4 is 0 Å². The summed E-state index contributed by atoms with van der Waals surface area (Å²) in [6.45, 7) is 0.551. The lowest BCUT2D eigenvalue weighted by molar-refractivity contribution is -0.212. The monoisotopic (exact) mass is 257 g/mol. The second-order valence-corrected chi connectivity index (χ2v) is 3.58. The van der Waals surface area contributed by atoms with Crippen LogP contribution in [0, 0.1) is 0 Å². The minimum atomic E-state index is -4.52. The van der Waals surface area contributed by atoms with Crippen molar-refractivity contribution in [3.05, 3.63) is 30.2 Å². The Hall–Kier alpha value is -1.96. The van der Waals surface area contributed by atoms with E-state index >= 15 is 0 Å². The van der Waals surface area contributed by atoms with E-state index in [1.165, 1.54) is 0 Å². The summed E-state index contributed by atoms with van der Waals surface area (Å²) in [5.74, 6) is 0. The third kappa shape index (κ3) is 2.65. The van der Waals surface area contributed by atoms with Crippen molar-refractivity contribution in [2.75, 3.05) is 7.05 Å². The van der Waals surface area contributed by atoms with Gasteiger partial charge in [-0.25, -0.2) is 0 Å². The van der Waals surface area contributed by atoms with Gasteiger partial charge in [-0.1, -0.05) is 0 Å². The van der Waals surface area contributed by atoms with Crippen LogP contribution in [-0.2, 0) is 12.8 Å². The van der Waals surface area contributed by atoms with Crippen LogP contribution in [0.15, 0.2) is 24.5 Å². The van der Waals surface area contributed by atoms with E-state index in [1.807, 2.05) is 0 Å². The molecule has 0 radical (unpaired) electrons. The van der Waals surface area contributed by atoms with Crippen LogP contribution in [0.5, 0.6) is 0 Å². The van der Waals surface area contributed by atoms with E-state index in [-0.39, 0.29) is 10.2 Å². The van der Waals surface area contributed by atoms with Crippen LogP contribution >= 0.6 is 0 Å². The first-order valence-corrected chi connectivity index (χ1v) is 5.10. The average Bonchev–Trinajstić information content (AvgIpc) is 2.79. The zero-order chi connectivity index (χ0) is 13.2. The van der Waals surface area contributed by atoms with Gasteiger partial charge in [0.25, 0.3) is 0 Å². The molecule has 0 aliphatic rings. The Labute approximate surface area is 101 Å². The maximum absolute atomic E-state index is 12.3. The lowest BCUT2D eigenvalue weighted by Crippen LogP contribution is -2.16. The van der Waals surface area contributed by atoms with E-state index in [0.717, 1.165) is 12.4 Å². The Morgan fingerprint density at radius 2 is 2.06 bits per heavy atom. The summed E-state index contributed by atoms with van der Waals surface area (Å²) in [7, 11) is 1.77. The Bertz CT molecular complexity index is 517. The Morgan fingerprint density at radius 1 is 1.28 bits per heavy atom. The molecule has 5 nitrogen and oxygen atoms in total. The molecule has 8 heteroatoms. The second kappa shape index (κ2) is 4.73. The second-order valence-electron chi connectivity index (χ2n) is 3.58. The summed E-state index contributed by atoms with van der Waals surface area (Å²) in [4.78, 5) is 0. The summed E-state index contributed by atoms with van der Waals surface area (Å²) in [6.07, 6.45) is -2.53. The van der Waals surface area contributed by atoms with Crippen molar-refractivity contribution in [2.45, 2.75) is 12.8 Å². The third-order valence-electron chi connectivity index (χ3n) is 2.22. The van der Waals surface area contributed by atoms with Crippen LogP contribution in [0.3, 0.4) is 0 Å². The molecule has 2 rings (SSSR count). The van der Waals surface area contributed by atoms with E-state index in [9.17, 15) is 13.2 Å². The van der Waals surface area contributed by atoms with Gasteiger partial charge >= 0.3 is 6.30 Å². The van der Waals surface area contributed by atoms with Crippen molar-refractivity contribution in [3.8, 4) is 11.3 Å². The van der Waals surface area contributed by atoms with Gasteiger partial charge < -0.3 is 5.32 Å². The van der Waals surface area contributed by atoms with Gasteiger partial charge in [-0.3, -0.25) is 0 Å². The first-order valence-electron chi connectivity index (χ1n) is 5.10. The van der Waals surface area contributed by atoms with Gasteiger partial charge in [0.15, 0.2) is 0 Å². The minimum absolute atomic E-state index is 0.0640. The lowest BCUT2D eigenvalue weighted by Gasteiger charge is -2.04. The Balaban J connectivity index is 2.23. The number of alkyl halides is 3. The fourth-order valence-corrected chi connectivity index (χ4v) is 1.38. The smallest absolute Gasteiger partial charge is 0.314 e. The van der Waals surface area contributed by atoms with Crippen LogP contribution in [0.4, 0.5) is 13.2 Å². The standard InChI is InChI=1S/C10H10F3N5/c1-14-5-8-2-3-9(17-16-8)7-4-15-18(6-7)10(11,12)13/h2-4,6,14H,5H2,1H3. The zero-order valence-electron chi connectivity index (χ0n) is 9.44. The molecule has 0 aliphatic heterocycles. The van der Waals surface area contributed by atoms with Crippen molar-refractivity contribution < 1.29 is 13.2 Å². The maximum atomic E-state index is 12.3. The van der Waals surface area contributed by atoms with Gasteiger partial charge in [0.1, 0.15) is 0 Å². The molecule has 96 valence electrons. The molecule has 0 spiro atoms. The van der Waals surface area contributed by atoms with E-state index in [0.29, 0.717) is 17.9 Å². The molecule has 0 saturated heterocycles. The number of hydrogen-bond donors (Lipinski definition) is 1. The molecule has 0 unspecified atom stereocenters. The largest absolute Gasteiger partial charge is 0.504 e. The van der Waals surface area contributed by atoms with Gasteiger partial charge in [0, 0.05) is 18.3 Å². The molecule has 0 aliphatic carbocycles. The number of aromatic nitrogens is 4. The number of rotatable bonds is 3. The fraction of sp³-hybridized carbons (Fsp3) is 0.300. The van der Waals surface area contributed by atoms with Crippen LogP contribution in [0.1, 0.15) is 5.69 Å². The molecular formula is C10H10F3N5. The molecule has 0 aromatic carbocycles. The van der Waals surface area contributed by atoms with Gasteiger partial charge in [-0.15, -0.1) is 13.2 Å². The predicted octanol–water partition coefficient (Wildman–Crippen LogP) is 1.54. The Morgan fingerprint density at radius 3 is 2.56 bits per heavy atom. The SMILES string of the molecule is CNCc1ccc(-c2cnn(C(F)(F)F)c2)nn1. The lowest BCUT2D eigenvalue weighted by atomic mass is 10.2. The number of nitrogens with one attached hydrogen (secondary N) is 1. The van der Waals surface area contributed by atoms with Crippen molar-refractivity contribution in [1.29, 1.82) is 0 Å². The minimum Gasteiger partial charge on any atom is -0.314 e. The van der Waals surface area contributed by atoms with Gasteiger partial charge in [0.2, 0.25) is 0 Å². The topological polar surface area (TPSA) is 55.6 Å². The predicted molar refractivity (Wildman–Crippen MR) is 57.3 cm³/mol. The molecule has 0 bridgehead atoms. The van der Waals surface area contributed by atoms with Crippen molar-refractivity contribution in [1.82, 2.24) is 25.3 Å². The third-order valence-corrected chi connectivity index (χ3v) is 2.22. The molecule has 2 heterocycles. The first-order chi connectivity index (χ1) is 8.50. The van der Waals surface area contributed by atoms with Crippen LogP contribution < -0.4 is 5.32 Å². The molecule has 18 heavy (non-hydrogen) atoms. The van der Waals surface area contributed by atoms with Gasteiger partial charge in [-0.2, -0.15) is 20.0 Å². The normalized spacial score (nSPS) is 11.8. The number of hydrogen-bond acceptors (Lipinski definition) is 4. The van der Waals surface area contributed by atoms with E-state index in [4.69, 9.17) is 0 Å². The molecule has 0 amide bonds. The number of nitrogens with zero attached hydrogens (tertiary/aromatic N) is 4. The highest BCUT2D eigenvalue weighted by molar-refractivity contribution is 5.56. The molecule has 0 fully saturated rings.